The van der Waals surface area contributed by atoms with Gasteiger partial charge in [0.25, 0.3) is 5.91 Å². The molecule has 5 nitrogen and oxygen atoms in total. The molecule has 3 aromatic rings. The zero-order chi connectivity index (χ0) is 16.1. The second-order valence-electron chi connectivity index (χ2n) is 4.57. The van der Waals surface area contributed by atoms with Gasteiger partial charge < -0.3 is 14.8 Å². The van der Waals surface area contributed by atoms with Gasteiger partial charge in [0.1, 0.15) is 0 Å². The molecule has 0 aliphatic rings. The van der Waals surface area contributed by atoms with Crippen molar-refractivity contribution in [2.24, 2.45) is 0 Å². The first-order valence-corrected chi connectivity index (χ1v) is 7.76. The van der Waals surface area contributed by atoms with Crippen LogP contribution < -0.4 is 14.8 Å². The van der Waals surface area contributed by atoms with Crippen LogP contribution in [0.1, 0.15) is 9.67 Å². The summed E-state index contributed by atoms with van der Waals surface area (Å²) >= 11 is 1.39. The van der Waals surface area contributed by atoms with Gasteiger partial charge in [-0.3, -0.25) is 4.79 Å². The number of para-hydroxylation sites is 2. The molecule has 3 rings (SSSR count). The minimum Gasteiger partial charge on any atom is -0.493 e. The fraction of sp³-hybridized carbons (Fsp3) is 0.0588. The lowest BCUT2D eigenvalue weighted by atomic mass is 10.3. The fourth-order valence-corrected chi connectivity index (χ4v) is 2.55. The molecule has 0 saturated carbocycles. The van der Waals surface area contributed by atoms with Gasteiger partial charge in [0.05, 0.1) is 23.9 Å². The van der Waals surface area contributed by atoms with E-state index >= 15 is 0 Å². The first-order valence-electron chi connectivity index (χ1n) is 6.88. The molecule has 0 radical (unpaired) electrons. The smallest absolute Gasteiger partial charge is 0.265 e. The van der Waals surface area contributed by atoms with Crippen molar-refractivity contribution in [1.82, 2.24) is 4.98 Å². The Labute approximate surface area is 137 Å². The van der Waals surface area contributed by atoms with Crippen LogP contribution >= 0.6 is 11.3 Å². The van der Waals surface area contributed by atoms with E-state index in [2.05, 4.69) is 10.3 Å². The van der Waals surface area contributed by atoms with Gasteiger partial charge in [-0.1, -0.05) is 18.2 Å². The number of carbonyl (C=O) groups excluding carboxylic acids is 1. The molecule has 0 saturated heterocycles. The number of nitrogens with one attached hydrogen (secondary N) is 1. The number of thiophene rings is 1. The zero-order valence-electron chi connectivity index (χ0n) is 12.4. The lowest BCUT2D eigenvalue weighted by molar-refractivity contribution is 0.103. The van der Waals surface area contributed by atoms with Gasteiger partial charge in [-0.25, -0.2) is 4.98 Å². The van der Waals surface area contributed by atoms with Crippen molar-refractivity contribution < 1.29 is 14.3 Å². The van der Waals surface area contributed by atoms with E-state index in [-0.39, 0.29) is 5.91 Å². The second kappa shape index (κ2) is 6.93. The van der Waals surface area contributed by atoms with Gasteiger partial charge >= 0.3 is 0 Å². The van der Waals surface area contributed by atoms with Gasteiger partial charge in [0, 0.05) is 6.07 Å². The summed E-state index contributed by atoms with van der Waals surface area (Å²) in [5.74, 6) is 1.48. The van der Waals surface area contributed by atoms with Gasteiger partial charge in [-0.15, -0.1) is 11.3 Å². The number of methoxy groups -OCH3 is 1. The maximum Gasteiger partial charge on any atom is 0.265 e. The number of rotatable bonds is 5. The van der Waals surface area contributed by atoms with E-state index in [1.165, 1.54) is 11.3 Å². The molecule has 2 aromatic heterocycles. The molecular formula is C17H14N2O3S. The van der Waals surface area contributed by atoms with Crippen molar-refractivity contribution in [3.05, 3.63) is 65.0 Å². The van der Waals surface area contributed by atoms with Gasteiger partial charge in [-0.2, -0.15) is 0 Å². The van der Waals surface area contributed by atoms with E-state index in [4.69, 9.17) is 9.47 Å². The Balaban J connectivity index is 1.68. The summed E-state index contributed by atoms with van der Waals surface area (Å²) in [5, 5.41) is 4.65. The number of aromatic nitrogens is 1. The second-order valence-corrected chi connectivity index (χ2v) is 5.52. The van der Waals surface area contributed by atoms with Crippen LogP contribution in [0, 0.1) is 0 Å². The molecule has 1 amide bonds. The number of carbonyl (C=O) groups is 1. The largest absolute Gasteiger partial charge is 0.493 e. The summed E-state index contributed by atoms with van der Waals surface area (Å²) in [5.41, 5.74) is 0.607. The molecular weight excluding hydrogens is 312 g/mol. The number of ether oxygens (including phenoxy) is 2. The minimum absolute atomic E-state index is 0.153. The Morgan fingerprint density at radius 1 is 1.09 bits per heavy atom. The van der Waals surface area contributed by atoms with E-state index < -0.39 is 0 Å². The third-order valence-electron chi connectivity index (χ3n) is 3.02. The van der Waals surface area contributed by atoms with Crippen molar-refractivity contribution in [2.45, 2.75) is 0 Å². The van der Waals surface area contributed by atoms with Crippen LogP contribution in [0.4, 0.5) is 5.69 Å². The highest BCUT2D eigenvalue weighted by molar-refractivity contribution is 7.12. The summed E-state index contributed by atoms with van der Waals surface area (Å²) < 4.78 is 10.9. The van der Waals surface area contributed by atoms with Crippen molar-refractivity contribution in [3.8, 4) is 17.4 Å². The van der Waals surface area contributed by atoms with Crippen LogP contribution in [-0.4, -0.2) is 18.0 Å². The van der Waals surface area contributed by atoms with Crippen LogP contribution in [0.15, 0.2) is 60.1 Å². The summed E-state index contributed by atoms with van der Waals surface area (Å²) in [4.78, 5) is 16.8. The third kappa shape index (κ3) is 3.67. The van der Waals surface area contributed by atoms with E-state index in [1.54, 1.807) is 37.6 Å². The molecule has 0 bridgehead atoms. The molecule has 0 atom stereocenters. The quantitative estimate of drug-likeness (QED) is 0.763. The molecule has 0 aliphatic heterocycles. The van der Waals surface area contributed by atoms with Crippen LogP contribution in [0.3, 0.4) is 0 Å². The molecule has 1 N–H and O–H groups in total. The molecule has 0 unspecified atom stereocenters. The number of hydrogen-bond donors (Lipinski definition) is 1. The molecule has 2 heterocycles. The molecule has 0 spiro atoms. The summed E-state index contributed by atoms with van der Waals surface area (Å²) in [6.45, 7) is 0. The van der Waals surface area contributed by atoms with E-state index in [1.807, 2.05) is 29.6 Å². The molecule has 23 heavy (non-hydrogen) atoms. The van der Waals surface area contributed by atoms with Crippen LogP contribution in [0.5, 0.6) is 17.4 Å². The number of amides is 1. The number of nitrogens with zero attached hydrogens (tertiary/aromatic N) is 1. The molecule has 0 aliphatic carbocycles. The van der Waals surface area contributed by atoms with Crippen molar-refractivity contribution in [2.75, 3.05) is 12.4 Å². The molecule has 116 valence electrons. The number of hydrogen-bond acceptors (Lipinski definition) is 5. The van der Waals surface area contributed by atoms with Crippen LogP contribution in [0.2, 0.25) is 0 Å². The van der Waals surface area contributed by atoms with Crippen LogP contribution in [-0.2, 0) is 0 Å². The highest BCUT2D eigenvalue weighted by Gasteiger charge is 2.08. The monoisotopic (exact) mass is 326 g/mol. The van der Waals surface area contributed by atoms with Crippen molar-refractivity contribution in [3.63, 3.8) is 0 Å². The SMILES string of the molecule is COc1ccccc1Oc1ccc(NC(=O)c2cccs2)cn1. The first kappa shape index (κ1) is 15.1. The molecule has 0 fully saturated rings. The number of pyridine rings is 1. The number of benzene rings is 1. The van der Waals surface area contributed by atoms with E-state index in [9.17, 15) is 4.79 Å². The summed E-state index contributed by atoms with van der Waals surface area (Å²) in [6, 6.07) is 14.4. The Morgan fingerprint density at radius 2 is 1.91 bits per heavy atom. The predicted molar refractivity (Wildman–Crippen MR) is 89.6 cm³/mol. The van der Waals surface area contributed by atoms with Crippen molar-refractivity contribution in [1.29, 1.82) is 0 Å². The maximum atomic E-state index is 12.0. The lowest BCUT2D eigenvalue weighted by Gasteiger charge is -2.09. The van der Waals surface area contributed by atoms with Gasteiger partial charge in [0.15, 0.2) is 11.5 Å². The van der Waals surface area contributed by atoms with Gasteiger partial charge in [0.2, 0.25) is 5.88 Å². The van der Waals surface area contributed by atoms with Crippen LogP contribution in [0.25, 0.3) is 0 Å². The maximum absolute atomic E-state index is 12.0. The zero-order valence-corrected chi connectivity index (χ0v) is 13.2. The van der Waals surface area contributed by atoms with Gasteiger partial charge in [-0.05, 0) is 29.6 Å². The average molecular weight is 326 g/mol. The fourth-order valence-electron chi connectivity index (χ4n) is 1.93. The lowest BCUT2D eigenvalue weighted by Crippen LogP contribution is -2.10. The Hall–Kier alpha value is -2.86. The number of anilines is 1. The van der Waals surface area contributed by atoms with Crippen molar-refractivity contribution >= 4 is 22.9 Å². The highest BCUT2D eigenvalue weighted by atomic mass is 32.1. The Bertz CT molecular complexity index is 786. The Kier molecular flexibility index (Phi) is 4.54. The molecule has 6 heteroatoms. The minimum atomic E-state index is -0.153. The molecule has 1 aromatic carbocycles. The predicted octanol–water partition coefficient (Wildman–Crippen LogP) is 4.20. The summed E-state index contributed by atoms with van der Waals surface area (Å²) in [7, 11) is 1.58. The van der Waals surface area contributed by atoms with E-state index in [0.717, 1.165) is 0 Å². The highest BCUT2D eigenvalue weighted by Crippen LogP contribution is 2.30. The topological polar surface area (TPSA) is 60.5 Å². The van der Waals surface area contributed by atoms with E-state index in [0.29, 0.717) is 27.9 Å². The third-order valence-corrected chi connectivity index (χ3v) is 3.89. The standard InChI is InChI=1S/C17H14N2O3S/c1-21-13-5-2-3-6-14(13)22-16-9-8-12(11-18-16)19-17(20)15-7-4-10-23-15/h2-11H,1H3,(H,19,20). The first-order chi connectivity index (χ1) is 11.3. The Morgan fingerprint density at radius 3 is 2.57 bits per heavy atom. The average Bonchev–Trinajstić information content (AvgIpc) is 3.12. The normalized spacial score (nSPS) is 10.1. The summed E-state index contributed by atoms with van der Waals surface area (Å²) in [6.07, 6.45) is 1.55.